The molecule has 0 fully saturated rings. The molecule has 2 aromatic carbocycles. The van der Waals surface area contributed by atoms with Crippen molar-refractivity contribution < 1.29 is 18.0 Å². The molecule has 0 radical (unpaired) electrons. The SMILES string of the molecule is NCc1ccc(C2=CC(c3cc(Cl)cc(Cl)c3)(C(F)(F)F)ON2)cc1Br. The van der Waals surface area contributed by atoms with Crippen molar-refractivity contribution in [2.45, 2.75) is 18.3 Å². The van der Waals surface area contributed by atoms with E-state index in [0.717, 1.165) is 11.6 Å². The average molecular weight is 468 g/mol. The maximum absolute atomic E-state index is 13.9. The summed E-state index contributed by atoms with van der Waals surface area (Å²) < 4.78 is 42.5. The van der Waals surface area contributed by atoms with Gasteiger partial charge in [-0.25, -0.2) is 0 Å². The molecule has 1 heterocycles. The van der Waals surface area contributed by atoms with Crippen LogP contribution in [0.2, 0.25) is 10.0 Å². The smallest absolute Gasteiger partial charge is 0.326 e. The normalized spacial score (nSPS) is 20.0. The molecule has 0 aromatic heterocycles. The van der Waals surface area contributed by atoms with Gasteiger partial charge in [0.05, 0.1) is 5.70 Å². The molecule has 0 amide bonds. The summed E-state index contributed by atoms with van der Waals surface area (Å²) >= 11 is 15.1. The molecule has 0 spiro atoms. The molecule has 138 valence electrons. The van der Waals surface area contributed by atoms with Crippen LogP contribution in [0.1, 0.15) is 16.7 Å². The van der Waals surface area contributed by atoms with E-state index in [1.54, 1.807) is 18.2 Å². The summed E-state index contributed by atoms with van der Waals surface area (Å²) in [5, 5.41) is 0.160. The molecule has 3 nitrogen and oxygen atoms in total. The monoisotopic (exact) mass is 466 g/mol. The maximum atomic E-state index is 13.9. The Bertz CT molecular complexity index is 869. The Labute approximate surface area is 166 Å². The first-order valence-electron chi connectivity index (χ1n) is 7.35. The summed E-state index contributed by atoms with van der Waals surface area (Å²) in [6.07, 6.45) is -3.77. The van der Waals surface area contributed by atoms with Crippen LogP contribution in [0.3, 0.4) is 0 Å². The number of alkyl halides is 3. The van der Waals surface area contributed by atoms with Crippen molar-refractivity contribution in [1.82, 2.24) is 5.48 Å². The molecular formula is C17H12BrCl2F3N2O. The van der Waals surface area contributed by atoms with E-state index in [-0.39, 0.29) is 21.3 Å². The van der Waals surface area contributed by atoms with Crippen LogP contribution in [0.4, 0.5) is 13.2 Å². The minimum Gasteiger partial charge on any atom is -0.326 e. The zero-order valence-corrected chi connectivity index (χ0v) is 16.1. The molecule has 1 aliphatic heterocycles. The topological polar surface area (TPSA) is 47.3 Å². The van der Waals surface area contributed by atoms with Gasteiger partial charge in [0, 0.05) is 32.2 Å². The molecule has 26 heavy (non-hydrogen) atoms. The second kappa shape index (κ2) is 7.05. The number of rotatable bonds is 3. The van der Waals surface area contributed by atoms with E-state index >= 15 is 0 Å². The molecule has 0 bridgehead atoms. The van der Waals surface area contributed by atoms with E-state index in [0.29, 0.717) is 16.6 Å². The fraction of sp³-hybridized carbons (Fsp3) is 0.176. The Kier molecular flexibility index (Phi) is 5.29. The summed E-state index contributed by atoms with van der Waals surface area (Å²) in [5.74, 6) is 0. The largest absolute Gasteiger partial charge is 0.428 e. The van der Waals surface area contributed by atoms with Crippen molar-refractivity contribution in [2.75, 3.05) is 0 Å². The lowest BCUT2D eigenvalue weighted by molar-refractivity contribution is -0.269. The van der Waals surface area contributed by atoms with Crippen molar-refractivity contribution >= 4 is 44.8 Å². The maximum Gasteiger partial charge on any atom is 0.428 e. The molecule has 0 saturated heterocycles. The van der Waals surface area contributed by atoms with E-state index < -0.39 is 11.8 Å². The van der Waals surface area contributed by atoms with Crippen LogP contribution in [0, 0.1) is 0 Å². The Balaban J connectivity index is 2.12. The van der Waals surface area contributed by atoms with Gasteiger partial charge in [-0.2, -0.15) is 13.2 Å². The van der Waals surface area contributed by atoms with Gasteiger partial charge in [0.15, 0.2) is 0 Å². The minimum absolute atomic E-state index is 0.0802. The van der Waals surface area contributed by atoms with Crippen LogP contribution >= 0.6 is 39.1 Å². The predicted molar refractivity (Wildman–Crippen MR) is 98.4 cm³/mol. The van der Waals surface area contributed by atoms with Crippen LogP contribution < -0.4 is 11.2 Å². The Morgan fingerprint density at radius 1 is 1.12 bits per heavy atom. The second-order valence-electron chi connectivity index (χ2n) is 5.66. The summed E-state index contributed by atoms with van der Waals surface area (Å²) in [6, 6.07) is 8.76. The molecule has 2 aromatic rings. The van der Waals surface area contributed by atoms with Crippen molar-refractivity contribution in [1.29, 1.82) is 0 Å². The zero-order chi connectivity index (χ0) is 19.1. The third kappa shape index (κ3) is 3.46. The van der Waals surface area contributed by atoms with Gasteiger partial charge in [0.2, 0.25) is 5.60 Å². The van der Waals surface area contributed by atoms with Gasteiger partial charge in [-0.15, -0.1) is 0 Å². The van der Waals surface area contributed by atoms with Crippen LogP contribution in [-0.4, -0.2) is 6.18 Å². The van der Waals surface area contributed by atoms with Gasteiger partial charge >= 0.3 is 6.18 Å². The first-order chi connectivity index (χ1) is 12.2. The highest BCUT2D eigenvalue weighted by Crippen LogP contribution is 2.48. The summed E-state index contributed by atoms with van der Waals surface area (Å²) in [4.78, 5) is 5.04. The van der Waals surface area contributed by atoms with Gasteiger partial charge < -0.3 is 5.73 Å². The molecule has 0 saturated carbocycles. The van der Waals surface area contributed by atoms with E-state index in [1.807, 2.05) is 0 Å². The molecule has 3 N–H and O–H groups in total. The molecule has 1 aliphatic rings. The molecule has 1 unspecified atom stereocenters. The van der Waals surface area contributed by atoms with Crippen LogP contribution in [0.15, 0.2) is 46.9 Å². The minimum atomic E-state index is -4.75. The van der Waals surface area contributed by atoms with Gasteiger partial charge in [-0.1, -0.05) is 51.3 Å². The number of hydrogen-bond acceptors (Lipinski definition) is 3. The molecule has 9 heteroatoms. The Morgan fingerprint density at radius 3 is 2.31 bits per heavy atom. The van der Waals surface area contributed by atoms with Gasteiger partial charge in [0.1, 0.15) is 0 Å². The summed E-state index contributed by atoms with van der Waals surface area (Å²) in [6.45, 7) is 0.303. The quantitative estimate of drug-likeness (QED) is 0.622. The number of nitrogens with one attached hydrogen (secondary N) is 1. The van der Waals surface area contributed by atoms with E-state index in [9.17, 15) is 13.2 Å². The van der Waals surface area contributed by atoms with Crippen molar-refractivity contribution in [2.24, 2.45) is 5.73 Å². The van der Waals surface area contributed by atoms with E-state index in [1.165, 1.54) is 18.2 Å². The summed E-state index contributed by atoms with van der Waals surface area (Å²) in [7, 11) is 0. The first-order valence-corrected chi connectivity index (χ1v) is 8.90. The fourth-order valence-corrected chi connectivity index (χ4v) is 3.70. The Morgan fingerprint density at radius 2 is 1.77 bits per heavy atom. The highest BCUT2D eigenvalue weighted by Gasteiger charge is 2.59. The number of halogens is 6. The van der Waals surface area contributed by atoms with E-state index in [4.69, 9.17) is 33.8 Å². The highest BCUT2D eigenvalue weighted by atomic mass is 79.9. The van der Waals surface area contributed by atoms with Crippen LogP contribution in [0.5, 0.6) is 0 Å². The lowest BCUT2D eigenvalue weighted by Crippen LogP contribution is -2.42. The number of hydroxylamine groups is 1. The van der Waals surface area contributed by atoms with Crippen molar-refractivity contribution in [3.8, 4) is 0 Å². The molecule has 0 aliphatic carbocycles. The Hall–Kier alpha value is -1.25. The van der Waals surface area contributed by atoms with E-state index in [2.05, 4.69) is 21.4 Å². The standard InChI is InChI=1S/C17H12BrCl2F3N2O/c18-14-3-9(1-2-10(14)8-24)15-7-16(26-25-15,17(21,22)23)11-4-12(19)6-13(20)5-11/h1-7,25H,8,24H2. The molecule has 3 rings (SSSR count). The first kappa shape index (κ1) is 19.5. The van der Waals surface area contributed by atoms with Gasteiger partial charge in [-0.05, 0) is 35.9 Å². The third-order valence-corrected chi connectivity index (χ3v) is 5.14. The molecule has 1 atom stereocenters. The zero-order valence-electron chi connectivity index (χ0n) is 13.0. The lowest BCUT2D eigenvalue weighted by Gasteiger charge is -2.28. The molecular weight excluding hydrogens is 456 g/mol. The highest BCUT2D eigenvalue weighted by molar-refractivity contribution is 9.10. The number of nitrogens with two attached hydrogens (primary N) is 1. The lowest BCUT2D eigenvalue weighted by atomic mass is 9.91. The fourth-order valence-electron chi connectivity index (χ4n) is 2.63. The summed E-state index contributed by atoms with van der Waals surface area (Å²) in [5.41, 5.74) is 6.55. The van der Waals surface area contributed by atoms with Crippen LogP contribution in [-0.2, 0) is 17.0 Å². The second-order valence-corrected chi connectivity index (χ2v) is 7.39. The van der Waals surface area contributed by atoms with Crippen LogP contribution in [0.25, 0.3) is 5.70 Å². The predicted octanol–water partition coefficient (Wildman–Crippen LogP) is 5.55. The van der Waals surface area contributed by atoms with Crippen molar-refractivity contribution in [3.05, 3.63) is 73.7 Å². The van der Waals surface area contributed by atoms with Crippen molar-refractivity contribution in [3.63, 3.8) is 0 Å². The number of hydrogen-bond donors (Lipinski definition) is 2. The van der Waals surface area contributed by atoms with Gasteiger partial charge in [-0.3, -0.25) is 10.3 Å². The number of benzene rings is 2. The third-order valence-electron chi connectivity index (χ3n) is 3.97. The average Bonchev–Trinajstić information content (AvgIpc) is 3.00. The van der Waals surface area contributed by atoms with Gasteiger partial charge in [0.25, 0.3) is 0 Å².